The van der Waals surface area contributed by atoms with E-state index < -0.39 is 30.3 Å². The molecular formula is C11H7F2N3O3S. The summed E-state index contributed by atoms with van der Waals surface area (Å²) in [7, 11) is 0. The molecule has 6 nitrogen and oxygen atoms in total. The van der Waals surface area contributed by atoms with Gasteiger partial charge in [0.1, 0.15) is 12.1 Å². The van der Waals surface area contributed by atoms with Crippen molar-refractivity contribution in [3.05, 3.63) is 33.7 Å². The third kappa shape index (κ3) is 1.78. The van der Waals surface area contributed by atoms with Gasteiger partial charge in [-0.2, -0.15) is 0 Å². The highest BCUT2D eigenvalue weighted by molar-refractivity contribution is 7.17. The van der Waals surface area contributed by atoms with E-state index >= 15 is 0 Å². The maximum Gasteiger partial charge on any atom is 0.325 e. The molecule has 0 aromatic carbocycles. The van der Waals surface area contributed by atoms with E-state index in [9.17, 15) is 18.4 Å². The van der Waals surface area contributed by atoms with E-state index in [2.05, 4.69) is 5.10 Å². The van der Waals surface area contributed by atoms with Gasteiger partial charge in [0.05, 0.1) is 10.2 Å². The number of aromatic nitrogens is 3. The Morgan fingerprint density at radius 3 is 2.85 bits per heavy atom. The Morgan fingerprint density at radius 2 is 2.20 bits per heavy atom. The largest absolute Gasteiger partial charge is 0.480 e. The summed E-state index contributed by atoms with van der Waals surface area (Å²) in [6, 6.07) is 3.08. The fourth-order valence-corrected chi connectivity index (χ4v) is 2.86. The molecule has 0 saturated carbocycles. The van der Waals surface area contributed by atoms with Crippen LogP contribution in [0.15, 0.2) is 22.3 Å². The van der Waals surface area contributed by atoms with Gasteiger partial charge in [-0.15, -0.1) is 16.4 Å². The van der Waals surface area contributed by atoms with E-state index in [0.717, 1.165) is 4.40 Å². The van der Waals surface area contributed by atoms with Crippen molar-refractivity contribution in [3.8, 4) is 0 Å². The number of fused-ring (bicyclic) bond motifs is 3. The zero-order valence-electron chi connectivity index (χ0n) is 9.79. The third-order valence-corrected chi connectivity index (χ3v) is 3.66. The first-order valence-electron chi connectivity index (χ1n) is 5.48. The van der Waals surface area contributed by atoms with Crippen LogP contribution in [-0.4, -0.2) is 25.3 Å². The van der Waals surface area contributed by atoms with Crippen molar-refractivity contribution in [3.63, 3.8) is 0 Å². The van der Waals surface area contributed by atoms with E-state index in [-0.39, 0.29) is 5.52 Å². The Hall–Kier alpha value is -2.29. The molecule has 0 aliphatic carbocycles. The zero-order valence-corrected chi connectivity index (χ0v) is 10.6. The normalized spacial score (nSPS) is 11.8. The zero-order chi connectivity index (χ0) is 14.4. The van der Waals surface area contributed by atoms with Crippen molar-refractivity contribution < 1.29 is 18.7 Å². The lowest BCUT2D eigenvalue weighted by molar-refractivity contribution is -0.138. The number of nitrogens with zero attached hydrogens (tertiary/aromatic N) is 3. The minimum atomic E-state index is -2.92. The van der Waals surface area contributed by atoms with Crippen LogP contribution >= 0.6 is 11.3 Å². The SMILES string of the molecule is O=C(O)Cn1nc(C(F)F)n2c(cc3sccc32)c1=O. The van der Waals surface area contributed by atoms with Crippen LogP contribution in [0.4, 0.5) is 8.78 Å². The Labute approximate surface area is 113 Å². The second-order valence-corrected chi connectivity index (χ2v) is 5.00. The van der Waals surface area contributed by atoms with Crippen molar-refractivity contribution >= 4 is 33.0 Å². The number of carboxylic acids is 1. The van der Waals surface area contributed by atoms with Gasteiger partial charge in [0.2, 0.25) is 5.82 Å². The van der Waals surface area contributed by atoms with Crippen molar-refractivity contribution in [1.82, 2.24) is 14.2 Å². The van der Waals surface area contributed by atoms with Crippen molar-refractivity contribution in [2.75, 3.05) is 0 Å². The number of halogens is 2. The van der Waals surface area contributed by atoms with E-state index in [1.54, 1.807) is 11.4 Å². The average Bonchev–Trinajstić information content (AvgIpc) is 2.92. The maximum absolute atomic E-state index is 13.1. The Bertz CT molecular complexity index is 880. The molecule has 0 amide bonds. The summed E-state index contributed by atoms with van der Waals surface area (Å²) < 4.78 is 28.5. The summed E-state index contributed by atoms with van der Waals surface area (Å²) >= 11 is 1.30. The molecule has 0 fully saturated rings. The molecule has 0 aliphatic rings. The van der Waals surface area contributed by atoms with E-state index in [1.165, 1.54) is 17.4 Å². The number of carbonyl (C=O) groups is 1. The van der Waals surface area contributed by atoms with Crippen LogP contribution in [0.1, 0.15) is 12.2 Å². The van der Waals surface area contributed by atoms with Crippen LogP contribution in [0.25, 0.3) is 15.7 Å². The van der Waals surface area contributed by atoms with E-state index in [1.807, 2.05) is 0 Å². The van der Waals surface area contributed by atoms with Gasteiger partial charge in [0.25, 0.3) is 12.0 Å². The molecule has 1 N–H and O–H groups in total. The molecule has 0 aliphatic heterocycles. The molecule has 3 rings (SSSR count). The van der Waals surface area contributed by atoms with Crippen LogP contribution in [0.5, 0.6) is 0 Å². The fourth-order valence-electron chi connectivity index (χ4n) is 2.05. The number of rotatable bonds is 3. The summed E-state index contributed by atoms with van der Waals surface area (Å²) in [6.45, 7) is -0.756. The number of alkyl halides is 2. The standard InChI is InChI=1S/C11H7F2N3O3S/c12-9(13)10-14-15(4-8(17)18)11(19)6-3-7-5(16(6)10)1-2-20-7/h1-3,9H,4H2,(H,17,18). The van der Waals surface area contributed by atoms with Crippen LogP contribution in [-0.2, 0) is 11.3 Å². The molecule has 0 atom stereocenters. The average molecular weight is 299 g/mol. The van der Waals surface area contributed by atoms with E-state index in [4.69, 9.17) is 5.11 Å². The highest BCUT2D eigenvalue weighted by Gasteiger charge is 2.21. The smallest absolute Gasteiger partial charge is 0.325 e. The summed E-state index contributed by atoms with van der Waals surface area (Å²) in [5, 5.41) is 13.9. The molecule has 0 saturated heterocycles. The maximum atomic E-state index is 13.1. The van der Waals surface area contributed by atoms with Gasteiger partial charge >= 0.3 is 5.97 Å². The Kier molecular flexibility index (Phi) is 2.78. The second kappa shape index (κ2) is 4.37. The quantitative estimate of drug-likeness (QED) is 0.799. The summed E-state index contributed by atoms with van der Waals surface area (Å²) in [4.78, 5) is 22.8. The van der Waals surface area contributed by atoms with Gasteiger partial charge in [0, 0.05) is 0 Å². The lowest BCUT2D eigenvalue weighted by atomic mass is 10.5. The molecule has 9 heteroatoms. The minimum absolute atomic E-state index is 0.00148. The molecule has 0 radical (unpaired) electrons. The molecule has 3 heterocycles. The summed E-state index contributed by atoms with van der Waals surface area (Å²) in [5.74, 6) is -1.97. The second-order valence-electron chi connectivity index (χ2n) is 4.05. The molecular weight excluding hydrogens is 292 g/mol. The monoisotopic (exact) mass is 299 g/mol. The molecule has 20 heavy (non-hydrogen) atoms. The van der Waals surface area contributed by atoms with Gasteiger partial charge in [0.15, 0.2) is 0 Å². The van der Waals surface area contributed by atoms with Crippen LogP contribution in [0.2, 0.25) is 0 Å². The molecule has 3 aromatic rings. The van der Waals surface area contributed by atoms with Crippen LogP contribution in [0.3, 0.4) is 0 Å². The topological polar surface area (TPSA) is 76.6 Å². The minimum Gasteiger partial charge on any atom is -0.480 e. The van der Waals surface area contributed by atoms with Gasteiger partial charge < -0.3 is 5.11 Å². The molecule has 0 unspecified atom stereocenters. The number of hydrogen-bond acceptors (Lipinski definition) is 4. The van der Waals surface area contributed by atoms with E-state index in [0.29, 0.717) is 14.9 Å². The molecule has 104 valence electrons. The predicted molar refractivity (Wildman–Crippen MR) is 67.4 cm³/mol. The molecule has 0 spiro atoms. The summed E-state index contributed by atoms with van der Waals surface area (Å²) in [5.41, 5.74) is -0.244. The van der Waals surface area contributed by atoms with Crippen molar-refractivity contribution in [2.45, 2.75) is 13.0 Å². The molecule has 3 aromatic heterocycles. The number of hydrogen-bond donors (Lipinski definition) is 1. The first-order valence-corrected chi connectivity index (χ1v) is 6.36. The summed E-state index contributed by atoms with van der Waals surface area (Å²) in [6.07, 6.45) is -2.92. The first-order chi connectivity index (χ1) is 9.49. The fraction of sp³-hybridized carbons (Fsp3) is 0.182. The van der Waals surface area contributed by atoms with Crippen LogP contribution < -0.4 is 5.56 Å². The highest BCUT2D eigenvalue weighted by Crippen LogP contribution is 2.27. The third-order valence-electron chi connectivity index (χ3n) is 2.81. The van der Waals surface area contributed by atoms with Gasteiger partial charge in [-0.05, 0) is 17.5 Å². The number of aliphatic carboxylic acids is 1. The molecule has 0 bridgehead atoms. The Morgan fingerprint density at radius 1 is 1.45 bits per heavy atom. The van der Waals surface area contributed by atoms with Crippen molar-refractivity contribution in [2.24, 2.45) is 0 Å². The lowest BCUT2D eigenvalue weighted by Gasteiger charge is -2.08. The number of carboxylic acid groups (broad SMARTS) is 1. The predicted octanol–water partition coefficient (Wildman–Crippen LogP) is 1.73. The van der Waals surface area contributed by atoms with Gasteiger partial charge in [-0.25, -0.2) is 13.5 Å². The lowest BCUT2D eigenvalue weighted by Crippen LogP contribution is -2.30. The first kappa shape index (κ1) is 12.7. The number of thiophene rings is 1. The van der Waals surface area contributed by atoms with Gasteiger partial charge in [-0.3, -0.25) is 14.0 Å². The van der Waals surface area contributed by atoms with Gasteiger partial charge in [-0.1, -0.05) is 0 Å². The van der Waals surface area contributed by atoms with Crippen molar-refractivity contribution in [1.29, 1.82) is 0 Å². The highest BCUT2D eigenvalue weighted by atomic mass is 32.1. The van der Waals surface area contributed by atoms with Crippen LogP contribution in [0, 0.1) is 0 Å². The Balaban J connectivity index is 2.44.